The number of nitrogens with one attached hydrogen (secondary N) is 2. The van der Waals surface area contributed by atoms with Crippen molar-refractivity contribution in [3.8, 4) is 0 Å². The first-order valence-corrected chi connectivity index (χ1v) is 2.28. The highest BCUT2D eigenvalue weighted by Crippen LogP contribution is 1.72. The second-order valence-corrected chi connectivity index (χ2v) is 1.27. The summed E-state index contributed by atoms with van der Waals surface area (Å²) in [7, 11) is 2.21. The maximum Gasteiger partial charge on any atom is 0.00111 e. The Hall–Kier alpha value is -0.320. The van der Waals surface area contributed by atoms with Gasteiger partial charge in [-0.3, -0.25) is 0 Å². The van der Waals surface area contributed by atoms with Crippen LogP contribution in [-0.4, -0.2) is 24.5 Å². The van der Waals surface area contributed by atoms with Gasteiger partial charge in [0, 0.05) is 14.1 Å². The molecule has 2 N–H and O–H groups in total. The summed E-state index contributed by atoms with van der Waals surface area (Å²) in [6.45, 7) is 0. The second-order valence-electron chi connectivity index (χ2n) is 1.27. The summed E-state index contributed by atoms with van der Waals surface area (Å²) in [5.74, 6) is 0. The lowest BCUT2D eigenvalue weighted by Gasteiger charge is -2.23. The van der Waals surface area contributed by atoms with E-state index in [0.29, 0.717) is 0 Å². The molecule has 0 fully saturated rings. The second kappa shape index (κ2) is 5.46. The summed E-state index contributed by atoms with van der Waals surface area (Å²) in [6, 6.07) is 0. The minimum atomic E-state index is 0.126. The van der Waals surface area contributed by atoms with E-state index in [0.717, 1.165) is 14.1 Å². The summed E-state index contributed by atoms with van der Waals surface area (Å²) >= 11 is 0. The molecule has 0 heterocycles. The van der Waals surface area contributed by atoms with Crippen LogP contribution >= 0.6 is 0 Å². The number of rotatable bonds is 5. The van der Waals surface area contributed by atoms with Crippen molar-refractivity contribution in [3.63, 3.8) is 0 Å². The van der Waals surface area contributed by atoms with Crippen molar-refractivity contribution < 1.29 is 9.88 Å². The molecule has 8 nitrogen and oxygen atoms in total. The van der Waals surface area contributed by atoms with Gasteiger partial charge < -0.3 is 10.4 Å². The average molecular weight is 152 g/mol. The van der Waals surface area contributed by atoms with Gasteiger partial charge in [0.05, 0.1) is 0 Å². The Morgan fingerprint density at radius 1 is 1.00 bits per heavy atom. The van der Waals surface area contributed by atoms with Gasteiger partial charge in [-0.05, 0) is 0 Å². The van der Waals surface area contributed by atoms with E-state index in [2.05, 4.69) is 9.88 Å². The largest absolute Gasteiger partial charge is 0.761 e. The highest BCUT2D eigenvalue weighted by molar-refractivity contribution is 4.21. The first-order chi connectivity index (χ1) is 4.63. The lowest BCUT2D eigenvalue weighted by molar-refractivity contribution is -0.271. The van der Waals surface area contributed by atoms with E-state index in [9.17, 15) is 10.4 Å². The fourth-order valence-electron chi connectivity index (χ4n) is 0.166. The van der Waals surface area contributed by atoms with Gasteiger partial charge in [0.1, 0.15) is 0 Å². The number of hydroxylamine groups is 4. The molecule has 0 aliphatic rings. The van der Waals surface area contributed by atoms with Gasteiger partial charge in [0.2, 0.25) is 0 Å². The Balaban J connectivity index is 2.91. The Kier molecular flexibility index (Phi) is 5.29. The Morgan fingerprint density at radius 2 is 1.30 bits per heavy atom. The zero-order valence-corrected chi connectivity index (χ0v) is 5.53. The summed E-state index contributed by atoms with van der Waals surface area (Å²) in [5.41, 5.74) is 3.63. The number of hydrazine groups is 1. The SMILES string of the molecule is CN([O-])ONNON(C)[O-]. The molecule has 62 valence electrons. The molecule has 0 radical (unpaired) electrons. The Bertz CT molecular complexity index is 67.7. The first-order valence-electron chi connectivity index (χ1n) is 2.28. The van der Waals surface area contributed by atoms with Gasteiger partial charge in [-0.15, -0.1) is 0 Å². The van der Waals surface area contributed by atoms with Gasteiger partial charge in [0.25, 0.3) is 0 Å². The summed E-state index contributed by atoms with van der Waals surface area (Å²) in [5, 5.41) is 20.1. The van der Waals surface area contributed by atoms with Crippen LogP contribution in [0.15, 0.2) is 0 Å². The molecule has 10 heavy (non-hydrogen) atoms. The van der Waals surface area contributed by atoms with Crippen molar-refractivity contribution in [2.45, 2.75) is 0 Å². The van der Waals surface area contributed by atoms with Gasteiger partial charge in [-0.1, -0.05) is 11.2 Å². The topological polar surface area (TPSA) is 95.1 Å². The smallest absolute Gasteiger partial charge is 0.00111 e. The quantitative estimate of drug-likeness (QED) is 0.368. The highest BCUT2D eigenvalue weighted by atomic mass is 17.0. The van der Waals surface area contributed by atoms with Crippen LogP contribution in [0.4, 0.5) is 0 Å². The molecule has 0 aliphatic carbocycles. The van der Waals surface area contributed by atoms with Crippen molar-refractivity contribution in [2.75, 3.05) is 14.1 Å². The van der Waals surface area contributed by atoms with E-state index >= 15 is 0 Å². The van der Waals surface area contributed by atoms with Crippen LogP contribution in [0, 0.1) is 10.4 Å². The first kappa shape index (κ1) is 9.68. The Labute approximate surface area is 57.2 Å². The third kappa shape index (κ3) is 7.68. The number of hydrogen-bond acceptors (Lipinski definition) is 8. The van der Waals surface area contributed by atoms with Gasteiger partial charge in [0.15, 0.2) is 0 Å². The molecule has 0 aromatic carbocycles. The summed E-state index contributed by atoms with van der Waals surface area (Å²) in [4.78, 5) is 8.04. The van der Waals surface area contributed by atoms with Gasteiger partial charge >= 0.3 is 0 Å². The standard InChI is InChI=1S/C2H8N4O4/c1-5(7)9-3-4-10-6(2)8/h3-4H,1-2H3/q-2. The van der Waals surface area contributed by atoms with Crippen molar-refractivity contribution in [2.24, 2.45) is 0 Å². The van der Waals surface area contributed by atoms with E-state index in [4.69, 9.17) is 0 Å². The molecule has 0 aromatic heterocycles. The molecular formula is C2H8N4O4-2. The molecule has 0 unspecified atom stereocenters. The third-order valence-corrected chi connectivity index (χ3v) is 0.390. The number of nitrogens with zero attached hydrogens (tertiary/aromatic N) is 2. The van der Waals surface area contributed by atoms with Crippen molar-refractivity contribution in [1.82, 2.24) is 21.6 Å². The zero-order valence-electron chi connectivity index (χ0n) is 5.53. The molecule has 0 aliphatic heterocycles. The maximum atomic E-state index is 9.93. The van der Waals surface area contributed by atoms with Crippen LogP contribution in [-0.2, 0) is 9.88 Å². The molecule has 0 spiro atoms. The van der Waals surface area contributed by atoms with Crippen LogP contribution in [0.1, 0.15) is 0 Å². The van der Waals surface area contributed by atoms with Crippen molar-refractivity contribution >= 4 is 0 Å². The predicted octanol–water partition coefficient (Wildman–Crippen LogP) is -1.37. The monoisotopic (exact) mass is 152 g/mol. The third-order valence-electron chi connectivity index (χ3n) is 0.390. The maximum absolute atomic E-state index is 9.93. The fourth-order valence-corrected chi connectivity index (χ4v) is 0.166. The van der Waals surface area contributed by atoms with E-state index in [1.165, 1.54) is 0 Å². The van der Waals surface area contributed by atoms with E-state index in [1.807, 2.05) is 11.2 Å². The predicted molar refractivity (Wildman–Crippen MR) is 30.7 cm³/mol. The molecular weight excluding hydrogens is 144 g/mol. The van der Waals surface area contributed by atoms with Crippen molar-refractivity contribution in [3.05, 3.63) is 10.4 Å². The minimum absolute atomic E-state index is 0.126. The van der Waals surface area contributed by atoms with Crippen LogP contribution in [0.5, 0.6) is 0 Å². The normalized spacial score (nSPS) is 11.4. The molecule has 8 heteroatoms. The average Bonchev–Trinajstić information content (AvgIpc) is 1.79. The molecule has 0 aromatic rings. The van der Waals surface area contributed by atoms with Gasteiger partial charge in [-0.2, -0.15) is 0 Å². The lowest BCUT2D eigenvalue weighted by Crippen LogP contribution is -2.38. The van der Waals surface area contributed by atoms with Crippen LogP contribution < -0.4 is 11.2 Å². The van der Waals surface area contributed by atoms with Crippen molar-refractivity contribution in [1.29, 1.82) is 0 Å². The molecule has 0 saturated carbocycles. The minimum Gasteiger partial charge on any atom is -0.761 e. The Morgan fingerprint density at radius 3 is 1.50 bits per heavy atom. The lowest BCUT2D eigenvalue weighted by atomic mass is 11.5. The summed E-state index contributed by atoms with van der Waals surface area (Å²) < 4.78 is 0. The highest BCUT2D eigenvalue weighted by Gasteiger charge is 1.81. The van der Waals surface area contributed by atoms with Crippen LogP contribution in [0.25, 0.3) is 0 Å². The van der Waals surface area contributed by atoms with E-state index in [-0.39, 0.29) is 10.5 Å². The van der Waals surface area contributed by atoms with Gasteiger partial charge in [-0.25, -0.2) is 20.3 Å². The van der Waals surface area contributed by atoms with E-state index < -0.39 is 0 Å². The zero-order chi connectivity index (χ0) is 7.98. The molecule has 0 atom stereocenters. The summed E-state index contributed by atoms with van der Waals surface area (Å²) in [6.07, 6.45) is 0. The molecule has 0 amide bonds. The van der Waals surface area contributed by atoms with Crippen LogP contribution in [0.3, 0.4) is 0 Å². The van der Waals surface area contributed by atoms with Crippen LogP contribution in [0.2, 0.25) is 0 Å². The molecule has 0 bridgehead atoms. The number of hydrogen-bond donors (Lipinski definition) is 2. The fraction of sp³-hybridized carbons (Fsp3) is 1.00. The van der Waals surface area contributed by atoms with E-state index in [1.54, 1.807) is 0 Å². The molecule has 0 saturated heterocycles. The molecule has 0 rings (SSSR count).